The Labute approximate surface area is 146 Å². The Morgan fingerprint density at radius 1 is 1.00 bits per heavy atom. The van der Waals surface area contributed by atoms with Crippen LogP contribution >= 0.6 is 0 Å². The normalized spacial score (nSPS) is 11.5. The van der Waals surface area contributed by atoms with Crippen molar-refractivity contribution in [3.05, 3.63) is 71.4 Å². The largest absolute Gasteiger partial charge is 0.454 e. The molecule has 1 aromatic heterocycles. The highest BCUT2D eigenvalue weighted by Crippen LogP contribution is 2.22. The third-order valence-corrected chi connectivity index (χ3v) is 4.22. The first-order valence-corrected chi connectivity index (χ1v) is 8.23. The quantitative estimate of drug-likeness (QED) is 0.564. The van der Waals surface area contributed by atoms with Gasteiger partial charge in [-0.3, -0.25) is 4.79 Å². The first kappa shape index (κ1) is 17.0. The molecule has 0 aliphatic carbocycles. The van der Waals surface area contributed by atoms with Crippen molar-refractivity contribution < 1.29 is 14.3 Å². The number of carbonyl (C=O) groups excluding carboxylic acids is 2. The number of aromatic nitrogens is 1. The standard InChI is InChI=1S/C21H21NO3/c1-21(2,3)15-10-8-14(9-11-15)19(23)13-25-20(24)17-12-22-18-7-5-4-6-16(17)18/h4-12,22H,13H2,1-3H3. The van der Waals surface area contributed by atoms with Gasteiger partial charge >= 0.3 is 5.97 Å². The molecular weight excluding hydrogens is 314 g/mol. The molecule has 1 heterocycles. The first-order valence-electron chi connectivity index (χ1n) is 8.23. The van der Waals surface area contributed by atoms with Gasteiger partial charge in [0.05, 0.1) is 5.56 Å². The number of rotatable bonds is 4. The molecule has 1 N–H and O–H groups in total. The van der Waals surface area contributed by atoms with Crippen LogP contribution in [0.15, 0.2) is 54.7 Å². The van der Waals surface area contributed by atoms with E-state index in [9.17, 15) is 9.59 Å². The number of carbonyl (C=O) groups is 2. The summed E-state index contributed by atoms with van der Waals surface area (Å²) in [5, 5.41) is 0.787. The summed E-state index contributed by atoms with van der Waals surface area (Å²) >= 11 is 0. The van der Waals surface area contributed by atoms with Gasteiger partial charge in [-0.15, -0.1) is 0 Å². The zero-order valence-electron chi connectivity index (χ0n) is 14.6. The smallest absolute Gasteiger partial charge is 0.340 e. The molecule has 128 valence electrons. The minimum atomic E-state index is -0.503. The molecule has 0 spiro atoms. The maximum atomic E-state index is 12.3. The van der Waals surface area contributed by atoms with E-state index in [2.05, 4.69) is 25.8 Å². The molecule has 0 atom stereocenters. The van der Waals surface area contributed by atoms with Crippen LogP contribution < -0.4 is 0 Å². The number of aromatic amines is 1. The van der Waals surface area contributed by atoms with E-state index in [0.717, 1.165) is 16.5 Å². The monoisotopic (exact) mass is 335 g/mol. The van der Waals surface area contributed by atoms with Crippen molar-refractivity contribution in [2.75, 3.05) is 6.61 Å². The van der Waals surface area contributed by atoms with Gasteiger partial charge in [0.25, 0.3) is 0 Å². The molecule has 0 aliphatic heterocycles. The molecule has 3 aromatic rings. The number of H-pyrrole nitrogens is 1. The molecule has 0 radical (unpaired) electrons. The summed E-state index contributed by atoms with van der Waals surface area (Å²) in [6.45, 7) is 6.08. The van der Waals surface area contributed by atoms with Crippen LogP contribution in [0.5, 0.6) is 0 Å². The molecule has 0 bridgehead atoms. The van der Waals surface area contributed by atoms with Crippen molar-refractivity contribution in [1.82, 2.24) is 4.98 Å². The van der Waals surface area contributed by atoms with Crippen LogP contribution in [0.2, 0.25) is 0 Å². The van der Waals surface area contributed by atoms with Crippen molar-refractivity contribution in [3.63, 3.8) is 0 Å². The molecule has 0 unspecified atom stereocenters. The molecule has 0 aliphatic rings. The molecule has 4 nitrogen and oxygen atoms in total. The SMILES string of the molecule is CC(C)(C)c1ccc(C(=O)COC(=O)c2c[nH]c3ccccc23)cc1. The van der Waals surface area contributed by atoms with E-state index in [1.54, 1.807) is 18.3 Å². The van der Waals surface area contributed by atoms with E-state index in [4.69, 9.17) is 4.74 Å². The summed E-state index contributed by atoms with van der Waals surface area (Å²) in [6.07, 6.45) is 1.61. The van der Waals surface area contributed by atoms with E-state index < -0.39 is 5.97 Å². The fourth-order valence-electron chi connectivity index (χ4n) is 2.69. The van der Waals surface area contributed by atoms with Gasteiger partial charge in [-0.05, 0) is 17.0 Å². The number of ether oxygens (including phenoxy) is 1. The van der Waals surface area contributed by atoms with Crippen molar-refractivity contribution >= 4 is 22.7 Å². The predicted molar refractivity (Wildman–Crippen MR) is 98.1 cm³/mol. The first-order chi connectivity index (χ1) is 11.9. The lowest BCUT2D eigenvalue weighted by atomic mass is 9.86. The van der Waals surface area contributed by atoms with Crippen LogP contribution in [-0.4, -0.2) is 23.3 Å². The molecule has 0 amide bonds. The summed E-state index contributed by atoms with van der Waals surface area (Å²) in [4.78, 5) is 27.5. The lowest BCUT2D eigenvalue weighted by Gasteiger charge is -2.18. The lowest BCUT2D eigenvalue weighted by molar-refractivity contribution is 0.0477. The maximum absolute atomic E-state index is 12.3. The van der Waals surface area contributed by atoms with Gasteiger partial charge in [0.1, 0.15) is 0 Å². The summed E-state index contributed by atoms with van der Waals surface area (Å²) in [6, 6.07) is 14.9. The Balaban J connectivity index is 1.67. The van der Waals surface area contributed by atoms with Crippen LogP contribution in [0.1, 0.15) is 47.1 Å². The lowest BCUT2D eigenvalue weighted by Crippen LogP contribution is -2.15. The topological polar surface area (TPSA) is 59.2 Å². The summed E-state index contributed by atoms with van der Waals surface area (Å²) in [5.41, 5.74) is 3.02. The molecule has 3 rings (SSSR count). The highest BCUT2D eigenvalue weighted by molar-refractivity contribution is 6.05. The molecule has 25 heavy (non-hydrogen) atoms. The van der Waals surface area contributed by atoms with Crippen LogP contribution in [0.3, 0.4) is 0 Å². The second-order valence-corrected chi connectivity index (χ2v) is 7.07. The van der Waals surface area contributed by atoms with Gasteiger partial charge in [-0.25, -0.2) is 4.79 Å². The number of Topliss-reactive ketones (excluding diaryl/α,β-unsaturated/α-hetero) is 1. The van der Waals surface area contributed by atoms with Gasteiger partial charge in [0.2, 0.25) is 0 Å². The number of esters is 1. The number of nitrogens with one attached hydrogen (secondary N) is 1. The van der Waals surface area contributed by atoms with Gasteiger partial charge in [0, 0.05) is 22.7 Å². The van der Waals surface area contributed by atoms with E-state index >= 15 is 0 Å². The Kier molecular flexibility index (Phi) is 4.45. The fourth-order valence-corrected chi connectivity index (χ4v) is 2.69. The average Bonchev–Trinajstić information content (AvgIpc) is 3.03. The van der Waals surface area contributed by atoms with Gasteiger partial charge in [0.15, 0.2) is 12.4 Å². The molecule has 0 fully saturated rings. The van der Waals surface area contributed by atoms with E-state index in [-0.39, 0.29) is 17.8 Å². The second kappa shape index (κ2) is 6.55. The summed E-state index contributed by atoms with van der Waals surface area (Å²) < 4.78 is 5.20. The third kappa shape index (κ3) is 3.63. The third-order valence-electron chi connectivity index (χ3n) is 4.22. The number of para-hydroxylation sites is 1. The van der Waals surface area contributed by atoms with E-state index in [0.29, 0.717) is 11.1 Å². The number of benzene rings is 2. The van der Waals surface area contributed by atoms with Crippen molar-refractivity contribution in [1.29, 1.82) is 0 Å². The van der Waals surface area contributed by atoms with Crippen molar-refractivity contribution in [2.45, 2.75) is 26.2 Å². The maximum Gasteiger partial charge on any atom is 0.340 e. The Hall–Kier alpha value is -2.88. The highest BCUT2D eigenvalue weighted by Gasteiger charge is 2.17. The predicted octanol–water partition coefficient (Wildman–Crippen LogP) is 4.51. The number of hydrogen-bond donors (Lipinski definition) is 1. The number of ketones is 1. The minimum absolute atomic E-state index is 0.0311. The fraction of sp³-hybridized carbons (Fsp3) is 0.238. The molecule has 2 aromatic carbocycles. The van der Waals surface area contributed by atoms with Crippen LogP contribution in [-0.2, 0) is 10.2 Å². The van der Waals surface area contributed by atoms with E-state index in [1.165, 1.54) is 0 Å². The Bertz CT molecular complexity index is 914. The highest BCUT2D eigenvalue weighted by atomic mass is 16.5. The minimum Gasteiger partial charge on any atom is -0.454 e. The van der Waals surface area contributed by atoms with Gasteiger partial charge < -0.3 is 9.72 Å². The van der Waals surface area contributed by atoms with Crippen LogP contribution in [0.4, 0.5) is 0 Å². The molecule has 4 heteroatoms. The van der Waals surface area contributed by atoms with Crippen molar-refractivity contribution in [3.8, 4) is 0 Å². The van der Waals surface area contributed by atoms with Crippen LogP contribution in [0.25, 0.3) is 10.9 Å². The second-order valence-electron chi connectivity index (χ2n) is 7.07. The Morgan fingerprint density at radius 3 is 2.36 bits per heavy atom. The van der Waals surface area contributed by atoms with E-state index in [1.807, 2.05) is 36.4 Å². The molecular formula is C21H21NO3. The molecule has 0 saturated carbocycles. The number of hydrogen-bond acceptors (Lipinski definition) is 3. The molecule has 0 saturated heterocycles. The zero-order chi connectivity index (χ0) is 18.0. The summed E-state index contributed by atoms with van der Waals surface area (Å²) in [7, 11) is 0. The average molecular weight is 335 g/mol. The van der Waals surface area contributed by atoms with Crippen molar-refractivity contribution in [2.24, 2.45) is 0 Å². The Morgan fingerprint density at radius 2 is 1.68 bits per heavy atom. The van der Waals surface area contributed by atoms with Gasteiger partial charge in [-0.1, -0.05) is 63.2 Å². The summed E-state index contributed by atoms with van der Waals surface area (Å²) in [5.74, 6) is -0.717. The zero-order valence-corrected chi connectivity index (χ0v) is 14.6. The van der Waals surface area contributed by atoms with Crippen LogP contribution in [0, 0.1) is 0 Å². The number of fused-ring (bicyclic) bond motifs is 1. The van der Waals surface area contributed by atoms with Gasteiger partial charge in [-0.2, -0.15) is 0 Å².